The van der Waals surface area contributed by atoms with Crippen molar-refractivity contribution >= 4 is 17.7 Å². The highest BCUT2D eigenvalue weighted by atomic mass is 32.2. The van der Waals surface area contributed by atoms with E-state index < -0.39 is 4.93 Å². The standard InChI is InChI=1S/C14H18O2S/c1-11(2)13(15)16-14(3,4)17-10-12-8-6-5-7-9-12/h5-9H,1,10H2,2-4H3. The Morgan fingerprint density at radius 3 is 2.47 bits per heavy atom. The van der Waals surface area contributed by atoms with E-state index in [1.54, 1.807) is 18.7 Å². The number of benzene rings is 1. The topological polar surface area (TPSA) is 26.3 Å². The highest BCUT2D eigenvalue weighted by Gasteiger charge is 2.23. The Kier molecular flexibility index (Phi) is 4.82. The molecule has 0 N–H and O–H groups in total. The van der Waals surface area contributed by atoms with Gasteiger partial charge < -0.3 is 4.74 Å². The van der Waals surface area contributed by atoms with E-state index in [-0.39, 0.29) is 5.97 Å². The van der Waals surface area contributed by atoms with E-state index >= 15 is 0 Å². The molecule has 0 aliphatic heterocycles. The number of thioether (sulfide) groups is 1. The molecule has 1 aromatic carbocycles. The molecule has 0 unspecified atom stereocenters. The van der Waals surface area contributed by atoms with Gasteiger partial charge in [-0.25, -0.2) is 4.79 Å². The minimum atomic E-state index is -0.536. The molecule has 0 bridgehead atoms. The molecule has 0 spiro atoms. The lowest BCUT2D eigenvalue weighted by atomic mass is 10.2. The molecule has 0 fully saturated rings. The molecule has 2 nitrogen and oxygen atoms in total. The van der Waals surface area contributed by atoms with Gasteiger partial charge in [-0.2, -0.15) is 0 Å². The second-order valence-corrected chi connectivity index (χ2v) is 5.90. The molecular formula is C14H18O2S. The number of hydrogen-bond donors (Lipinski definition) is 0. The van der Waals surface area contributed by atoms with Crippen molar-refractivity contribution in [3.8, 4) is 0 Å². The SMILES string of the molecule is C=C(C)C(=O)OC(C)(C)SCc1ccccc1. The van der Waals surface area contributed by atoms with Gasteiger partial charge in [0, 0.05) is 11.3 Å². The highest BCUT2D eigenvalue weighted by molar-refractivity contribution is 7.99. The summed E-state index contributed by atoms with van der Waals surface area (Å²) in [5.41, 5.74) is 1.65. The largest absolute Gasteiger partial charge is 0.445 e. The van der Waals surface area contributed by atoms with E-state index in [0.29, 0.717) is 5.57 Å². The summed E-state index contributed by atoms with van der Waals surface area (Å²) >= 11 is 1.59. The molecular weight excluding hydrogens is 232 g/mol. The molecule has 0 radical (unpaired) electrons. The average Bonchev–Trinajstić information content (AvgIpc) is 2.27. The lowest BCUT2D eigenvalue weighted by Crippen LogP contribution is -2.24. The van der Waals surface area contributed by atoms with Crippen molar-refractivity contribution in [3.05, 3.63) is 48.0 Å². The third-order valence-electron chi connectivity index (χ3n) is 2.12. The van der Waals surface area contributed by atoms with Crippen LogP contribution in [0.15, 0.2) is 42.5 Å². The van der Waals surface area contributed by atoms with Crippen LogP contribution in [-0.4, -0.2) is 10.9 Å². The fraction of sp³-hybridized carbons (Fsp3) is 0.357. The number of carbonyl (C=O) groups excluding carboxylic acids is 1. The molecule has 92 valence electrons. The van der Waals surface area contributed by atoms with Gasteiger partial charge in [-0.15, -0.1) is 11.8 Å². The number of rotatable bonds is 5. The minimum absolute atomic E-state index is 0.337. The molecule has 0 aliphatic carbocycles. The van der Waals surface area contributed by atoms with Gasteiger partial charge in [0.05, 0.1) is 0 Å². The zero-order valence-corrected chi connectivity index (χ0v) is 11.3. The van der Waals surface area contributed by atoms with Gasteiger partial charge in [-0.05, 0) is 26.3 Å². The van der Waals surface area contributed by atoms with Crippen LogP contribution < -0.4 is 0 Å². The van der Waals surface area contributed by atoms with Crippen LogP contribution in [0.2, 0.25) is 0 Å². The first kappa shape index (κ1) is 13.8. The molecule has 0 aromatic heterocycles. The third kappa shape index (κ3) is 5.09. The number of ether oxygens (including phenoxy) is 1. The maximum Gasteiger partial charge on any atom is 0.334 e. The third-order valence-corrected chi connectivity index (χ3v) is 3.37. The Balaban J connectivity index is 2.50. The average molecular weight is 250 g/mol. The maximum atomic E-state index is 11.4. The van der Waals surface area contributed by atoms with Crippen molar-refractivity contribution in [3.63, 3.8) is 0 Å². The summed E-state index contributed by atoms with van der Waals surface area (Å²) < 4.78 is 5.35. The molecule has 3 heteroatoms. The van der Waals surface area contributed by atoms with Crippen molar-refractivity contribution < 1.29 is 9.53 Å². The summed E-state index contributed by atoms with van der Waals surface area (Å²) in [4.78, 5) is 10.9. The second kappa shape index (κ2) is 5.92. The van der Waals surface area contributed by atoms with Crippen LogP contribution in [0.3, 0.4) is 0 Å². The fourth-order valence-corrected chi connectivity index (χ4v) is 2.01. The van der Waals surface area contributed by atoms with E-state index in [9.17, 15) is 4.79 Å². The van der Waals surface area contributed by atoms with Crippen molar-refractivity contribution in [2.24, 2.45) is 0 Å². The molecule has 0 saturated carbocycles. The molecule has 0 amide bonds. The Morgan fingerprint density at radius 1 is 1.35 bits per heavy atom. The van der Waals surface area contributed by atoms with Gasteiger partial charge in [0.25, 0.3) is 0 Å². The van der Waals surface area contributed by atoms with Gasteiger partial charge in [-0.3, -0.25) is 0 Å². The summed E-state index contributed by atoms with van der Waals surface area (Å²) in [5, 5.41) is 0. The molecule has 17 heavy (non-hydrogen) atoms. The molecule has 1 aromatic rings. The summed E-state index contributed by atoms with van der Waals surface area (Å²) in [5.74, 6) is 0.479. The predicted molar refractivity (Wildman–Crippen MR) is 72.7 cm³/mol. The number of hydrogen-bond acceptors (Lipinski definition) is 3. The predicted octanol–water partition coefficient (Wildman–Crippen LogP) is 3.78. The zero-order valence-electron chi connectivity index (χ0n) is 10.5. The molecule has 0 heterocycles. The Morgan fingerprint density at radius 2 is 1.94 bits per heavy atom. The maximum absolute atomic E-state index is 11.4. The van der Waals surface area contributed by atoms with Crippen molar-refractivity contribution in [1.29, 1.82) is 0 Å². The molecule has 0 saturated heterocycles. The minimum Gasteiger partial charge on any atom is -0.445 e. The molecule has 0 atom stereocenters. The molecule has 1 rings (SSSR count). The van der Waals surface area contributed by atoms with Crippen LogP contribution in [0, 0.1) is 0 Å². The first-order valence-electron chi connectivity index (χ1n) is 5.47. The fourth-order valence-electron chi connectivity index (χ4n) is 1.17. The van der Waals surface area contributed by atoms with Crippen molar-refractivity contribution in [1.82, 2.24) is 0 Å². The van der Waals surface area contributed by atoms with Crippen LogP contribution in [-0.2, 0) is 15.3 Å². The smallest absolute Gasteiger partial charge is 0.334 e. The lowest BCUT2D eigenvalue weighted by molar-refractivity contribution is -0.144. The molecule has 0 aliphatic rings. The van der Waals surface area contributed by atoms with E-state index in [2.05, 4.69) is 18.7 Å². The monoisotopic (exact) mass is 250 g/mol. The van der Waals surface area contributed by atoms with Gasteiger partial charge in [0.15, 0.2) is 4.93 Å². The number of carbonyl (C=O) groups is 1. The van der Waals surface area contributed by atoms with E-state index in [1.807, 2.05) is 32.0 Å². The van der Waals surface area contributed by atoms with Crippen LogP contribution >= 0.6 is 11.8 Å². The van der Waals surface area contributed by atoms with Crippen molar-refractivity contribution in [2.45, 2.75) is 31.5 Å². The number of esters is 1. The van der Waals surface area contributed by atoms with Crippen molar-refractivity contribution in [2.75, 3.05) is 0 Å². The van der Waals surface area contributed by atoms with Gasteiger partial charge in [-0.1, -0.05) is 36.9 Å². The summed E-state index contributed by atoms with van der Waals surface area (Å²) in [6.45, 7) is 9.01. The Labute approximate surface area is 107 Å². The highest BCUT2D eigenvalue weighted by Crippen LogP contribution is 2.29. The van der Waals surface area contributed by atoms with Crippen LogP contribution in [0.1, 0.15) is 26.3 Å². The first-order valence-corrected chi connectivity index (χ1v) is 6.46. The van der Waals surface area contributed by atoms with Gasteiger partial charge in [0.1, 0.15) is 0 Å². The van der Waals surface area contributed by atoms with Gasteiger partial charge >= 0.3 is 5.97 Å². The summed E-state index contributed by atoms with van der Waals surface area (Å²) in [6.07, 6.45) is 0. The Hall–Kier alpha value is -1.22. The van der Waals surface area contributed by atoms with Crippen LogP contribution in [0.4, 0.5) is 0 Å². The van der Waals surface area contributed by atoms with E-state index in [1.165, 1.54) is 5.56 Å². The first-order chi connectivity index (χ1) is 7.91. The lowest BCUT2D eigenvalue weighted by Gasteiger charge is -2.24. The summed E-state index contributed by atoms with van der Waals surface area (Å²) in [7, 11) is 0. The zero-order chi connectivity index (χ0) is 12.9. The summed E-state index contributed by atoms with van der Waals surface area (Å²) in [6, 6.07) is 10.1. The normalized spacial score (nSPS) is 11.0. The Bertz CT molecular complexity index is 396. The van der Waals surface area contributed by atoms with Gasteiger partial charge in [0.2, 0.25) is 0 Å². The van der Waals surface area contributed by atoms with E-state index in [4.69, 9.17) is 4.74 Å². The quantitative estimate of drug-likeness (QED) is 0.452. The van der Waals surface area contributed by atoms with Crippen LogP contribution in [0.5, 0.6) is 0 Å². The van der Waals surface area contributed by atoms with Crippen LogP contribution in [0.25, 0.3) is 0 Å². The second-order valence-electron chi connectivity index (χ2n) is 4.34. The van der Waals surface area contributed by atoms with E-state index in [0.717, 1.165) is 5.75 Å².